The molecule has 5 heteroatoms. The lowest BCUT2D eigenvalue weighted by atomic mass is 10.2. The van der Waals surface area contributed by atoms with Crippen LogP contribution in [0.15, 0.2) is 0 Å². The van der Waals surface area contributed by atoms with Gasteiger partial charge in [0.15, 0.2) is 0 Å². The van der Waals surface area contributed by atoms with Crippen LogP contribution in [-0.4, -0.2) is 71.8 Å². The van der Waals surface area contributed by atoms with Crippen LogP contribution in [-0.2, 0) is 9.53 Å². The molecular formula is C13H24N2O3. The second-order valence-electron chi connectivity index (χ2n) is 5.51. The van der Waals surface area contributed by atoms with Gasteiger partial charge in [-0.1, -0.05) is 0 Å². The summed E-state index contributed by atoms with van der Waals surface area (Å²) in [7, 11) is 0. The van der Waals surface area contributed by atoms with Crippen LogP contribution < -0.4 is 0 Å². The number of nitrogens with zero attached hydrogens (tertiary/aromatic N) is 2. The molecule has 0 radical (unpaired) electrons. The predicted molar refractivity (Wildman–Crippen MR) is 68.3 cm³/mol. The summed E-state index contributed by atoms with van der Waals surface area (Å²) in [6, 6.07) is 0.171. The van der Waals surface area contributed by atoms with Crippen LogP contribution in [0.3, 0.4) is 0 Å². The van der Waals surface area contributed by atoms with Crippen LogP contribution >= 0.6 is 0 Å². The summed E-state index contributed by atoms with van der Waals surface area (Å²) >= 11 is 0. The molecule has 1 N–H and O–H groups in total. The van der Waals surface area contributed by atoms with E-state index in [1.54, 1.807) is 0 Å². The number of carbonyl (C=O) groups excluding carboxylic acids is 1. The molecule has 2 heterocycles. The van der Waals surface area contributed by atoms with Crippen molar-refractivity contribution in [1.82, 2.24) is 9.80 Å². The van der Waals surface area contributed by atoms with Gasteiger partial charge in [-0.2, -0.15) is 0 Å². The highest BCUT2D eigenvalue weighted by Gasteiger charge is 2.30. The van der Waals surface area contributed by atoms with Gasteiger partial charge >= 0.3 is 0 Å². The fraction of sp³-hybridized carbons (Fsp3) is 0.923. The predicted octanol–water partition coefficient (Wildman–Crippen LogP) is 0.0789. The number of amides is 1. The van der Waals surface area contributed by atoms with Gasteiger partial charge in [0.25, 0.3) is 0 Å². The van der Waals surface area contributed by atoms with E-state index < -0.39 is 0 Å². The van der Waals surface area contributed by atoms with Gasteiger partial charge in [0.2, 0.25) is 5.91 Å². The van der Waals surface area contributed by atoms with Crippen LogP contribution in [0.25, 0.3) is 0 Å². The average molecular weight is 256 g/mol. The van der Waals surface area contributed by atoms with E-state index in [2.05, 4.69) is 4.90 Å². The minimum Gasteiger partial charge on any atom is -0.395 e. The van der Waals surface area contributed by atoms with Gasteiger partial charge in [0.1, 0.15) is 0 Å². The Morgan fingerprint density at radius 2 is 2.00 bits per heavy atom. The van der Waals surface area contributed by atoms with Crippen molar-refractivity contribution < 1.29 is 14.6 Å². The zero-order valence-corrected chi connectivity index (χ0v) is 11.3. The Morgan fingerprint density at radius 3 is 2.61 bits per heavy atom. The molecule has 0 bridgehead atoms. The van der Waals surface area contributed by atoms with Crippen molar-refractivity contribution in [2.24, 2.45) is 0 Å². The molecule has 3 unspecified atom stereocenters. The highest BCUT2D eigenvalue weighted by molar-refractivity contribution is 5.78. The minimum atomic E-state index is 0.116. The second-order valence-corrected chi connectivity index (χ2v) is 5.51. The summed E-state index contributed by atoms with van der Waals surface area (Å²) in [4.78, 5) is 16.3. The van der Waals surface area contributed by atoms with E-state index in [4.69, 9.17) is 4.74 Å². The van der Waals surface area contributed by atoms with Crippen molar-refractivity contribution in [3.05, 3.63) is 0 Å². The van der Waals surface area contributed by atoms with Gasteiger partial charge < -0.3 is 14.7 Å². The van der Waals surface area contributed by atoms with E-state index in [1.165, 1.54) is 0 Å². The van der Waals surface area contributed by atoms with E-state index in [0.717, 1.165) is 19.4 Å². The van der Waals surface area contributed by atoms with Gasteiger partial charge in [-0.25, -0.2) is 0 Å². The molecule has 2 fully saturated rings. The van der Waals surface area contributed by atoms with Crippen LogP contribution in [0.1, 0.15) is 26.7 Å². The first-order chi connectivity index (χ1) is 8.60. The molecule has 2 rings (SSSR count). The van der Waals surface area contributed by atoms with E-state index in [0.29, 0.717) is 19.6 Å². The van der Waals surface area contributed by atoms with Crippen LogP contribution in [0, 0.1) is 0 Å². The molecule has 2 aliphatic rings. The highest BCUT2D eigenvalue weighted by atomic mass is 16.5. The number of aliphatic hydroxyl groups excluding tert-OH is 1. The molecule has 0 aromatic rings. The SMILES string of the molecule is CC1CN(C(=O)CN2CCCC2CO)CC(C)O1. The summed E-state index contributed by atoms with van der Waals surface area (Å²) in [5.41, 5.74) is 0. The normalized spacial score (nSPS) is 33.9. The van der Waals surface area contributed by atoms with E-state index in [-0.39, 0.29) is 30.8 Å². The number of aliphatic hydroxyl groups is 1. The zero-order chi connectivity index (χ0) is 13.1. The third-order valence-electron chi connectivity index (χ3n) is 3.82. The summed E-state index contributed by atoms with van der Waals surface area (Å²) in [5.74, 6) is 0.164. The van der Waals surface area contributed by atoms with Gasteiger partial charge in [0.05, 0.1) is 25.4 Å². The summed E-state index contributed by atoms with van der Waals surface area (Å²) in [6.45, 7) is 6.88. The molecular weight excluding hydrogens is 232 g/mol. The Bertz CT molecular complexity index is 288. The molecule has 0 spiro atoms. The number of carbonyl (C=O) groups is 1. The molecule has 5 nitrogen and oxygen atoms in total. The smallest absolute Gasteiger partial charge is 0.236 e. The molecule has 0 aromatic heterocycles. The van der Waals surface area contributed by atoms with Crippen molar-refractivity contribution >= 4 is 5.91 Å². The molecule has 3 atom stereocenters. The van der Waals surface area contributed by atoms with E-state index >= 15 is 0 Å². The molecule has 18 heavy (non-hydrogen) atoms. The zero-order valence-electron chi connectivity index (χ0n) is 11.3. The average Bonchev–Trinajstić information content (AvgIpc) is 2.75. The molecule has 0 saturated carbocycles. The maximum Gasteiger partial charge on any atom is 0.236 e. The van der Waals surface area contributed by atoms with Crippen LogP contribution in [0.2, 0.25) is 0 Å². The van der Waals surface area contributed by atoms with Crippen LogP contribution in [0.5, 0.6) is 0 Å². The lowest BCUT2D eigenvalue weighted by Gasteiger charge is -2.36. The van der Waals surface area contributed by atoms with Crippen molar-refractivity contribution in [3.63, 3.8) is 0 Å². The molecule has 104 valence electrons. The number of rotatable bonds is 3. The number of morpholine rings is 1. The lowest BCUT2D eigenvalue weighted by molar-refractivity contribution is -0.144. The summed E-state index contributed by atoms with van der Waals surface area (Å²) in [6.07, 6.45) is 2.31. The summed E-state index contributed by atoms with van der Waals surface area (Å²) < 4.78 is 5.63. The first kappa shape index (κ1) is 13.8. The minimum absolute atomic E-state index is 0.116. The maximum absolute atomic E-state index is 12.3. The van der Waals surface area contributed by atoms with Crippen molar-refractivity contribution in [3.8, 4) is 0 Å². The number of hydrogen-bond acceptors (Lipinski definition) is 4. The molecule has 2 saturated heterocycles. The molecule has 2 aliphatic heterocycles. The van der Waals surface area contributed by atoms with Crippen molar-refractivity contribution in [1.29, 1.82) is 0 Å². The largest absolute Gasteiger partial charge is 0.395 e. The number of likely N-dealkylation sites (tertiary alicyclic amines) is 1. The van der Waals surface area contributed by atoms with Crippen molar-refractivity contribution in [2.45, 2.75) is 44.9 Å². The van der Waals surface area contributed by atoms with Gasteiger partial charge in [-0.05, 0) is 33.2 Å². The Hall–Kier alpha value is -0.650. The lowest BCUT2D eigenvalue weighted by Crippen LogP contribution is -2.51. The fourth-order valence-electron chi connectivity index (χ4n) is 2.97. The topological polar surface area (TPSA) is 53.0 Å². The van der Waals surface area contributed by atoms with Crippen LogP contribution in [0.4, 0.5) is 0 Å². The first-order valence-electron chi connectivity index (χ1n) is 6.88. The number of ether oxygens (including phenoxy) is 1. The third-order valence-corrected chi connectivity index (χ3v) is 3.82. The van der Waals surface area contributed by atoms with Crippen molar-refractivity contribution in [2.75, 3.05) is 32.8 Å². The fourth-order valence-corrected chi connectivity index (χ4v) is 2.97. The Morgan fingerprint density at radius 1 is 1.33 bits per heavy atom. The molecule has 0 aliphatic carbocycles. The van der Waals surface area contributed by atoms with Gasteiger partial charge in [-0.15, -0.1) is 0 Å². The van der Waals surface area contributed by atoms with Gasteiger partial charge in [0, 0.05) is 19.1 Å². The molecule has 0 aromatic carbocycles. The standard InChI is InChI=1S/C13H24N2O3/c1-10-6-15(7-11(2)18-10)13(17)8-14-5-3-4-12(14)9-16/h10-12,16H,3-9H2,1-2H3. The molecule has 1 amide bonds. The Balaban J connectivity index is 1.87. The maximum atomic E-state index is 12.3. The van der Waals surface area contributed by atoms with Gasteiger partial charge in [-0.3, -0.25) is 9.69 Å². The summed E-state index contributed by atoms with van der Waals surface area (Å²) in [5, 5.41) is 9.26. The monoisotopic (exact) mass is 256 g/mol. The first-order valence-corrected chi connectivity index (χ1v) is 6.88. The van der Waals surface area contributed by atoms with E-state index in [9.17, 15) is 9.90 Å². The second kappa shape index (κ2) is 5.99. The quantitative estimate of drug-likeness (QED) is 0.777. The van der Waals surface area contributed by atoms with E-state index in [1.807, 2.05) is 18.7 Å². The Kier molecular flexibility index (Phi) is 4.59. The third kappa shape index (κ3) is 3.22. The number of hydrogen-bond donors (Lipinski definition) is 1. The highest BCUT2D eigenvalue weighted by Crippen LogP contribution is 2.17. The Labute approximate surface area is 109 Å².